The van der Waals surface area contributed by atoms with Gasteiger partial charge < -0.3 is 24.8 Å². The lowest BCUT2D eigenvalue weighted by Gasteiger charge is -2.30. The molecule has 3 aromatic rings. The van der Waals surface area contributed by atoms with E-state index in [-0.39, 0.29) is 11.7 Å². The molecular weight excluding hydrogens is 463 g/mol. The number of hydrogen-bond donors (Lipinski definition) is 2. The topological polar surface area (TPSA) is 83.9 Å². The van der Waals surface area contributed by atoms with Crippen LogP contribution in [0, 0.1) is 5.82 Å². The van der Waals surface area contributed by atoms with Crippen LogP contribution in [0.4, 0.5) is 23.7 Å². The quantitative estimate of drug-likeness (QED) is 0.423. The summed E-state index contributed by atoms with van der Waals surface area (Å²) in [5, 5.41) is 13.0. The highest BCUT2D eigenvalue weighted by Gasteiger charge is 2.25. The van der Waals surface area contributed by atoms with Crippen LogP contribution in [-0.2, 0) is 0 Å². The van der Waals surface area contributed by atoms with Crippen LogP contribution >= 0.6 is 0 Å². The van der Waals surface area contributed by atoms with Gasteiger partial charge in [0.05, 0.1) is 24.2 Å². The Bertz CT molecular complexity index is 1220. The van der Waals surface area contributed by atoms with Crippen molar-refractivity contribution >= 4 is 22.7 Å². The number of hydrogen-bond acceptors (Lipinski definition) is 5. The van der Waals surface area contributed by atoms with Gasteiger partial charge in [0, 0.05) is 54.8 Å². The van der Waals surface area contributed by atoms with Crippen LogP contribution in [0.5, 0.6) is 11.5 Å². The van der Waals surface area contributed by atoms with E-state index in [1.54, 1.807) is 31.3 Å². The molecule has 0 bridgehead atoms. The van der Waals surface area contributed by atoms with E-state index in [1.807, 2.05) is 0 Å². The van der Waals surface area contributed by atoms with Gasteiger partial charge in [0.2, 0.25) is 0 Å². The summed E-state index contributed by atoms with van der Waals surface area (Å²) in [6.07, 6.45) is -1.36. The second-order valence-corrected chi connectivity index (χ2v) is 8.38. The average Bonchev–Trinajstić information content (AvgIpc) is 2.84. The molecular formula is C25H26F3N3O4. The third kappa shape index (κ3) is 5.21. The van der Waals surface area contributed by atoms with Crippen LogP contribution in [0.15, 0.2) is 42.6 Å². The molecule has 2 N–H and O–H groups in total. The summed E-state index contributed by atoms with van der Waals surface area (Å²) in [4.78, 5) is 16.9. The third-order valence-electron chi connectivity index (χ3n) is 6.17. The second-order valence-electron chi connectivity index (χ2n) is 8.38. The van der Waals surface area contributed by atoms with E-state index in [1.165, 1.54) is 24.1 Å². The van der Waals surface area contributed by atoms with Crippen LogP contribution in [0.25, 0.3) is 10.9 Å². The maximum absolute atomic E-state index is 14.7. The number of halogens is 3. The number of anilines is 1. The molecule has 10 heteroatoms. The van der Waals surface area contributed by atoms with Crippen LogP contribution in [0.3, 0.4) is 0 Å². The molecule has 1 atom stereocenters. The van der Waals surface area contributed by atoms with Gasteiger partial charge in [-0.1, -0.05) is 18.2 Å². The average molecular weight is 489 g/mol. The van der Waals surface area contributed by atoms with E-state index < -0.39 is 29.9 Å². The van der Waals surface area contributed by atoms with Crippen LogP contribution < -0.4 is 14.8 Å². The zero-order chi connectivity index (χ0) is 25.1. The molecule has 1 amide bonds. The van der Waals surface area contributed by atoms with Crippen LogP contribution in [0.2, 0.25) is 0 Å². The van der Waals surface area contributed by atoms with Crippen molar-refractivity contribution in [3.63, 3.8) is 0 Å². The molecule has 2 heterocycles. The number of alkyl halides is 2. The van der Waals surface area contributed by atoms with E-state index >= 15 is 0 Å². The molecule has 186 valence electrons. The number of nitrogens with one attached hydrogen (secondary N) is 1. The van der Waals surface area contributed by atoms with Crippen molar-refractivity contribution in [1.29, 1.82) is 0 Å². The first-order chi connectivity index (χ1) is 16.8. The summed E-state index contributed by atoms with van der Waals surface area (Å²) < 4.78 is 52.6. The lowest BCUT2D eigenvalue weighted by molar-refractivity contribution is 0.0879. The molecule has 0 saturated carbocycles. The van der Waals surface area contributed by atoms with Crippen molar-refractivity contribution in [2.24, 2.45) is 0 Å². The SMILES string of the molecule is COc1cc2nccc(N[C@H](C)c3cccc(C(F)F)c3F)c2cc1OC1CCN(C(=O)O)CC1. The molecule has 1 saturated heterocycles. The molecule has 1 aliphatic heterocycles. The predicted octanol–water partition coefficient (Wildman–Crippen LogP) is 6.01. The van der Waals surface area contributed by atoms with E-state index in [2.05, 4.69) is 10.3 Å². The molecule has 1 aromatic heterocycles. The number of piperidine rings is 1. The number of fused-ring (bicyclic) bond motifs is 1. The number of rotatable bonds is 7. The standard InChI is InChI=1S/C25H26F3N3O4/c1-14(16-4-3-5-17(23(16)26)24(27)28)30-19-6-9-29-20-13-21(34-2)22(12-18(19)20)35-15-7-10-31(11-8-15)25(32)33/h3-6,9,12-15,24H,7-8,10-11H2,1-2H3,(H,29,30)(H,32,33)/t14-/m1/s1. The minimum atomic E-state index is -2.90. The fourth-order valence-electron chi connectivity index (χ4n) is 4.26. The molecule has 1 fully saturated rings. The Kier molecular flexibility index (Phi) is 7.18. The van der Waals surface area contributed by atoms with E-state index in [0.29, 0.717) is 54.0 Å². The summed E-state index contributed by atoms with van der Waals surface area (Å²) in [7, 11) is 1.52. The molecule has 0 spiro atoms. The van der Waals surface area contributed by atoms with Crippen molar-refractivity contribution < 1.29 is 32.5 Å². The fraction of sp³-hybridized carbons (Fsp3) is 0.360. The Morgan fingerprint density at radius 2 is 1.89 bits per heavy atom. The number of ether oxygens (including phenoxy) is 2. The third-order valence-corrected chi connectivity index (χ3v) is 6.17. The van der Waals surface area contributed by atoms with Crippen molar-refractivity contribution in [3.8, 4) is 11.5 Å². The smallest absolute Gasteiger partial charge is 0.407 e. The first kappa shape index (κ1) is 24.4. The van der Waals surface area contributed by atoms with Crippen molar-refractivity contribution in [2.45, 2.75) is 38.3 Å². The number of pyridine rings is 1. The summed E-state index contributed by atoms with van der Waals surface area (Å²) in [5.74, 6) is 0.0224. The van der Waals surface area contributed by atoms with Gasteiger partial charge in [0.1, 0.15) is 11.9 Å². The van der Waals surface area contributed by atoms with Crippen molar-refractivity contribution in [2.75, 3.05) is 25.5 Å². The minimum absolute atomic E-state index is 0.128. The first-order valence-corrected chi connectivity index (χ1v) is 11.2. The second kappa shape index (κ2) is 10.3. The highest BCUT2D eigenvalue weighted by Crippen LogP contribution is 2.37. The van der Waals surface area contributed by atoms with Gasteiger partial charge in [0.15, 0.2) is 11.5 Å². The van der Waals surface area contributed by atoms with Crippen LogP contribution in [0.1, 0.15) is 43.4 Å². The molecule has 35 heavy (non-hydrogen) atoms. The Balaban J connectivity index is 1.61. The number of methoxy groups -OCH3 is 1. The Hall–Kier alpha value is -3.69. The summed E-state index contributed by atoms with van der Waals surface area (Å²) in [6.45, 7) is 2.45. The molecule has 0 unspecified atom stereocenters. The highest BCUT2D eigenvalue weighted by molar-refractivity contribution is 5.93. The summed E-state index contributed by atoms with van der Waals surface area (Å²) in [6, 6.07) is 8.57. The number of carbonyl (C=O) groups is 1. The van der Waals surface area contributed by atoms with Gasteiger partial charge in [-0.25, -0.2) is 18.0 Å². The Morgan fingerprint density at radius 3 is 2.54 bits per heavy atom. The number of carboxylic acid groups (broad SMARTS) is 1. The number of aromatic nitrogens is 1. The number of amides is 1. The largest absolute Gasteiger partial charge is 0.493 e. The molecule has 2 aromatic carbocycles. The van der Waals surface area contributed by atoms with Gasteiger partial charge in [-0.15, -0.1) is 0 Å². The molecule has 7 nitrogen and oxygen atoms in total. The lowest BCUT2D eigenvalue weighted by atomic mass is 10.0. The summed E-state index contributed by atoms with van der Waals surface area (Å²) >= 11 is 0. The summed E-state index contributed by atoms with van der Waals surface area (Å²) in [5.41, 5.74) is 0.722. The monoisotopic (exact) mass is 489 g/mol. The zero-order valence-corrected chi connectivity index (χ0v) is 19.3. The molecule has 0 aliphatic carbocycles. The zero-order valence-electron chi connectivity index (χ0n) is 19.3. The number of nitrogens with zero attached hydrogens (tertiary/aromatic N) is 2. The lowest BCUT2D eigenvalue weighted by Crippen LogP contribution is -2.41. The predicted molar refractivity (Wildman–Crippen MR) is 125 cm³/mol. The first-order valence-electron chi connectivity index (χ1n) is 11.2. The fourth-order valence-corrected chi connectivity index (χ4v) is 4.26. The molecule has 0 radical (unpaired) electrons. The van der Waals surface area contributed by atoms with Gasteiger partial charge in [0.25, 0.3) is 6.43 Å². The molecule has 1 aliphatic rings. The van der Waals surface area contributed by atoms with Crippen LogP contribution in [-0.4, -0.2) is 47.4 Å². The highest BCUT2D eigenvalue weighted by atomic mass is 19.3. The maximum Gasteiger partial charge on any atom is 0.407 e. The van der Waals surface area contributed by atoms with Gasteiger partial charge >= 0.3 is 6.09 Å². The Labute approximate surface area is 200 Å². The number of likely N-dealkylation sites (tertiary alicyclic amines) is 1. The molecule has 4 rings (SSSR count). The maximum atomic E-state index is 14.7. The minimum Gasteiger partial charge on any atom is -0.493 e. The van der Waals surface area contributed by atoms with E-state index in [9.17, 15) is 18.0 Å². The Morgan fingerprint density at radius 1 is 1.17 bits per heavy atom. The normalized spacial score (nSPS) is 15.3. The van der Waals surface area contributed by atoms with Gasteiger partial charge in [-0.2, -0.15) is 0 Å². The van der Waals surface area contributed by atoms with E-state index in [0.717, 1.165) is 6.07 Å². The van der Waals surface area contributed by atoms with E-state index in [4.69, 9.17) is 14.6 Å². The van der Waals surface area contributed by atoms with Crippen molar-refractivity contribution in [1.82, 2.24) is 9.88 Å². The van der Waals surface area contributed by atoms with Gasteiger partial charge in [-0.05, 0) is 19.1 Å². The van der Waals surface area contributed by atoms with Crippen molar-refractivity contribution in [3.05, 3.63) is 59.5 Å². The number of benzene rings is 2. The van der Waals surface area contributed by atoms with Gasteiger partial charge in [-0.3, -0.25) is 4.98 Å².